The zero-order chi connectivity index (χ0) is 47.5. The van der Waals surface area contributed by atoms with Crippen molar-refractivity contribution < 1.29 is 34.2 Å². The van der Waals surface area contributed by atoms with Gasteiger partial charge in [0.25, 0.3) is 0 Å². The Labute approximate surface area is 393 Å². The molecule has 0 atom stereocenters. The van der Waals surface area contributed by atoms with Crippen molar-refractivity contribution in [3.63, 3.8) is 0 Å². The zero-order valence-corrected chi connectivity index (χ0v) is 38.4. The summed E-state index contributed by atoms with van der Waals surface area (Å²) in [5.74, 6) is -2.45. The van der Waals surface area contributed by atoms with Gasteiger partial charge < -0.3 is 25.7 Å². The average Bonchev–Trinajstić information content (AvgIpc) is 3.31. The number of nitrogens with one attached hydrogen (secondary N) is 2. The van der Waals surface area contributed by atoms with Crippen LogP contribution in [0.4, 0.5) is 0 Å². The van der Waals surface area contributed by atoms with E-state index in [2.05, 4.69) is 45.3 Å². The highest BCUT2D eigenvalue weighted by Gasteiger charge is 2.22. The predicted octanol–water partition coefficient (Wildman–Crippen LogP) is 1.33. The normalized spacial score (nSPS) is 14.8. The second-order valence-corrected chi connectivity index (χ2v) is 16.7. The summed E-state index contributed by atoms with van der Waals surface area (Å²) in [6, 6.07) is 23.1. The number of aliphatic carboxylic acids is 2. The maximum atomic E-state index is 13.3. The van der Waals surface area contributed by atoms with E-state index >= 15 is 0 Å². The second-order valence-electron chi connectivity index (χ2n) is 16.7. The lowest BCUT2D eigenvalue weighted by atomic mass is 10.2. The molecule has 4 aromatic heterocycles. The minimum Gasteiger partial charge on any atom is -0.480 e. The van der Waals surface area contributed by atoms with Crippen LogP contribution in [0.5, 0.6) is 0 Å². The Kier molecular flexibility index (Phi) is 22.9. The molecule has 19 heteroatoms. The highest BCUT2D eigenvalue weighted by molar-refractivity contribution is 5.86. The third-order valence-electron chi connectivity index (χ3n) is 11.3. The molecule has 19 nitrogen and oxygen atoms in total. The highest BCUT2D eigenvalue weighted by Crippen LogP contribution is 2.09. The number of nitrogens with zero attached hydrogens (tertiary/aromatic N) is 10. The van der Waals surface area contributed by atoms with Gasteiger partial charge in [0.2, 0.25) is 11.8 Å². The van der Waals surface area contributed by atoms with Gasteiger partial charge in [-0.2, -0.15) is 0 Å². The van der Waals surface area contributed by atoms with Gasteiger partial charge in [-0.15, -0.1) is 0 Å². The van der Waals surface area contributed by atoms with Crippen molar-refractivity contribution in [3.05, 3.63) is 120 Å². The molecule has 1 saturated heterocycles. The largest absolute Gasteiger partial charge is 0.480 e. The van der Waals surface area contributed by atoms with E-state index in [0.717, 1.165) is 22.8 Å². The monoisotopic (exact) mass is 923 g/mol. The van der Waals surface area contributed by atoms with Crippen molar-refractivity contribution in [2.75, 3.05) is 105 Å². The number of hydrogen-bond donors (Lipinski definition) is 4. The lowest BCUT2D eigenvalue weighted by molar-refractivity contribution is -0.139. The van der Waals surface area contributed by atoms with Gasteiger partial charge in [-0.25, -0.2) is 0 Å². The van der Waals surface area contributed by atoms with Crippen molar-refractivity contribution in [2.45, 2.75) is 45.4 Å². The molecule has 4 aromatic rings. The molecule has 5 rings (SSSR count). The third kappa shape index (κ3) is 21.8. The summed E-state index contributed by atoms with van der Waals surface area (Å²) in [6.45, 7) is 7.49. The van der Waals surface area contributed by atoms with Crippen LogP contribution in [0.15, 0.2) is 97.6 Å². The number of carbonyl (C=O) groups excluding carboxylic acids is 3. The Morgan fingerprint density at radius 3 is 1.15 bits per heavy atom. The van der Waals surface area contributed by atoms with E-state index in [1.807, 2.05) is 87.5 Å². The summed E-state index contributed by atoms with van der Waals surface area (Å²) in [4.78, 5) is 93.0. The van der Waals surface area contributed by atoms with Crippen LogP contribution in [0.3, 0.4) is 0 Å². The number of aromatic nitrogens is 4. The van der Waals surface area contributed by atoms with Crippen molar-refractivity contribution in [1.82, 2.24) is 60.0 Å². The van der Waals surface area contributed by atoms with E-state index in [9.17, 15) is 34.2 Å². The minimum atomic E-state index is -0.976. The van der Waals surface area contributed by atoms with Gasteiger partial charge in [0.05, 0.1) is 42.4 Å². The van der Waals surface area contributed by atoms with Crippen LogP contribution in [0, 0.1) is 0 Å². The summed E-state index contributed by atoms with van der Waals surface area (Å²) in [7, 11) is 0. The number of ketones is 1. The third-order valence-corrected chi connectivity index (χ3v) is 11.3. The first-order valence-corrected chi connectivity index (χ1v) is 23.0. The standard InChI is InChI=1S/C48H66N12O7/c61-44(13-14-45(62)53-20-23-59(33-40-9-1-5-16-49-40)34-41-10-2-6-17-50-41)37-56-29-31-57(38-47(64)65)27-25-55(26-28-58(32-30-56)39-48(66)67)22-15-46(63)54-21-24-60(35-42-11-3-7-18-51-42)36-43-12-4-8-19-52-43/h1-12,16-19H,13-15,20-39H2,(H,53,62)(H,54,63)(H,64,65)(H,66,67). The summed E-state index contributed by atoms with van der Waals surface area (Å²) >= 11 is 0. The predicted molar refractivity (Wildman–Crippen MR) is 251 cm³/mol. The number of pyridine rings is 4. The summed E-state index contributed by atoms with van der Waals surface area (Å²) in [5, 5.41) is 25.5. The van der Waals surface area contributed by atoms with Crippen LogP contribution in [0.2, 0.25) is 0 Å². The van der Waals surface area contributed by atoms with Gasteiger partial charge >= 0.3 is 11.9 Å². The Morgan fingerprint density at radius 1 is 0.463 bits per heavy atom. The molecular formula is C48H66N12O7. The van der Waals surface area contributed by atoms with Gasteiger partial charge in [-0.3, -0.25) is 68.4 Å². The first-order valence-electron chi connectivity index (χ1n) is 23.0. The van der Waals surface area contributed by atoms with Crippen LogP contribution in [-0.2, 0) is 50.2 Å². The fourth-order valence-electron chi connectivity index (χ4n) is 7.69. The molecule has 0 bridgehead atoms. The Bertz CT molecular complexity index is 1960. The maximum Gasteiger partial charge on any atom is 0.317 e. The van der Waals surface area contributed by atoms with Crippen LogP contribution in [0.25, 0.3) is 0 Å². The van der Waals surface area contributed by atoms with Crippen LogP contribution >= 0.6 is 0 Å². The van der Waals surface area contributed by atoms with Gasteiger partial charge in [0.1, 0.15) is 5.78 Å². The van der Waals surface area contributed by atoms with E-state index in [1.165, 1.54) is 0 Å². The fourth-order valence-corrected chi connectivity index (χ4v) is 7.69. The Hall–Kier alpha value is -6.09. The minimum absolute atomic E-state index is 0.0215. The van der Waals surface area contributed by atoms with Crippen LogP contribution in [0.1, 0.15) is 42.0 Å². The fraction of sp³-hybridized carbons (Fsp3) is 0.479. The topological polar surface area (TPSA) is 221 Å². The molecule has 0 radical (unpaired) electrons. The number of hydrogen-bond acceptors (Lipinski definition) is 15. The van der Waals surface area contributed by atoms with Gasteiger partial charge in [-0.05, 0) is 48.5 Å². The molecule has 360 valence electrons. The molecular weight excluding hydrogens is 857 g/mol. The van der Waals surface area contributed by atoms with E-state index in [1.54, 1.807) is 24.8 Å². The summed E-state index contributed by atoms with van der Waals surface area (Å²) in [5.41, 5.74) is 3.63. The number of carboxylic acids is 2. The molecule has 0 saturated carbocycles. The van der Waals surface area contributed by atoms with Crippen molar-refractivity contribution in [3.8, 4) is 0 Å². The Balaban J connectivity index is 1.09. The number of amides is 2. The number of carbonyl (C=O) groups is 5. The molecule has 1 aliphatic heterocycles. The van der Waals surface area contributed by atoms with Crippen LogP contribution in [-0.4, -0.2) is 194 Å². The first-order chi connectivity index (χ1) is 32.6. The number of carboxylic acid groups (broad SMARTS) is 2. The first kappa shape index (κ1) is 51.9. The molecule has 5 heterocycles. The molecule has 0 aliphatic carbocycles. The van der Waals surface area contributed by atoms with E-state index in [0.29, 0.717) is 111 Å². The highest BCUT2D eigenvalue weighted by atomic mass is 16.4. The maximum absolute atomic E-state index is 13.3. The van der Waals surface area contributed by atoms with Gasteiger partial charge in [0, 0.05) is 155 Å². The second kappa shape index (κ2) is 29.5. The van der Waals surface area contributed by atoms with Crippen molar-refractivity contribution >= 4 is 29.5 Å². The van der Waals surface area contributed by atoms with Gasteiger partial charge in [-0.1, -0.05) is 24.3 Å². The van der Waals surface area contributed by atoms with E-state index < -0.39 is 11.9 Å². The van der Waals surface area contributed by atoms with Crippen LogP contribution < -0.4 is 10.6 Å². The molecule has 67 heavy (non-hydrogen) atoms. The molecule has 0 unspecified atom stereocenters. The summed E-state index contributed by atoms with van der Waals surface area (Å²) in [6.07, 6.45) is 7.27. The van der Waals surface area contributed by atoms with E-state index in [-0.39, 0.29) is 56.5 Å². The van der Waals surface area contributed by atoms with Crippen molar-refractivity contribution in [1.29, 1.82) is 0 Å². The molecule has 4 N–H and O–H groups in total. The smallest absolute Gasteiger partial charge is 0.317 e. The molecule has 1 aliphatic rings. The number of rotatable bonds is 26. The van der Waals surface area contributed by atoms with Crippen molar-refractivity contribution in [2.24, 2.45) is 0 Å². The molecule has 0 aromatic carbocycles. The number of Topliss-reactive ketones (excluding diaryl/α,β-unsaturated/α-hetero) is 1. The SMILES string of the molecule is O=C(O)CN1CCN(CCC(=O)NCCN(Cc2ccccn2)Cc2ccccn2)CCN(CC(=O)O)CCN(CC(=O)CCC(=O)NCCN(Cc2ccccn2)Cc2ccccn2)CC1. The van der Waals surface area contributed by atoms with E-state index in [4.69, 9.17) is 0 Å². The molecule has 2 amide bonds. The average molecular weight is 923 g/mol. The molecule has 0 spiro atoms. The quantitative estimate of drug-likeness (QED) is 0.0698. The molecule has 1 fully saturated rings. The Morgan fingerprint density at radius 2 is 0.806 bits per heavy atom. The zero-order valence-electron chi connectivity index (χ0n) is 38.4. The van der Waals surface area contributed by atoms with Gasteiger partial charge in [0.15, 0.2) is 0 Å². The lowest BCUT2D eigenvalue weighted by Gasteiger charge is -2.33. The lowest BCUT2D eigenvalue weighted by Crippen LogP contribution is -2.48. The summed E-state index contributed by atoms with van der Waals surface area (Å²) < 4.78 is 0.